The summed E-state index contributed by atoms with van der Waals surface area (Å²) < 4.78 is 5.39. The Kier molecular flexibility index (Phi) is 5.76. The Labute approximate surface area is 126 Å². The molecule has 2 rings (SSSR count). The maximum absolute atomic E-state index is 12.5. The van der Waals surface area contributed by atoms with E-state index >= 15 is 0 Å². The van der Waals surface area contributed by atoms with Crippen LogP contribution in [0.2, 0.25) is 0 Å². The van der Waals surface area contributed by atoms with Crippen LogP contribution in [0, 0.1) is 12.8 Å². The van der Waals surface area contributed by atoms with Crippen LogP contribution in [0.4, 0.5) is 0 Å². The van der Waals surface area contributed by atoms with Crippen LogP contribution in [0.5, 0.6) is 0 Å². The third kappa shape index (κ3) is 4.29. The first kappa shape index (κ1) is 16.0. The number of carbonyl (C=O) groups excluding carboxylic acids is 1. The first-order valence-corrected chi connectivity index (χ1v) is 7.73. The van der Waals surface area contributed by atoms with E-state index in [-0.39, 0.29) is 11.8 Å². The lowest BCUT2D eigenvalue weighted by atomic mass is 10.00. The van der Waals surface area contributed by atoms with Crippen LogP contribution < -0.4 is 0 Å². The summed E-state index contributed by atoms with van der Waals surface area (Å²) in [7, 11) is 0. The fraction of sp³-hybridized carbons (Fsp3) is 0.588. The van der Waals surface area contributed by atoms with Crippen molar-refractivity contribution in [1.29, 1.82) is 0 Å². The first-order valence-electron chi connectivity index (χ1n) is 7.73. The number of hydrogen-bond acceptors (Lipinski definition) is 3. The van der Waals surface area contributed by atoms with Crippen molar-refractivity contribution in [2.75, 3.05) is 26.3 Å². The van der Waals surface area contributed by atoms with Gasteiger partial charge in [-0.3, -0.25) is 4.79 Å². The molecule has 0 aliphatic carbocycles. The Bertz CT molecular complexity index is 452. The number of aliphatic hydroxyl groups is 1. The van der Waals surface area contributed by atoms with E-state index < -0.39 is 6.10 Å². The van der Waals surface area contributed by atoms with Crippen LogP contribution in [0.3, 0.4) is 0 Å². The Balaban J connectivity index is 1.97. The zero-order valence-electron chi connectivity index (χ0n) is 12.9. The molecule has 0 saturated carbocycles. The van der Waals surface area contributed by atoms with Crippen LogP contribution in [-0.4, -0.2) is 42.2 Å². The zero-order chi connectivity index (χ0) is 15.2. The molecule has 1 saturated heterocycles. The zero-order valence-corrected chi connectivity index (χ0v) is 12.9. The molecule has 1 aromatic rings. The van der Waals surface area contributed by atoms with E-state index in [0.29, 0.717) is 19.7 Å². The number of likely N-dealkylation sites (N-methyl/N-ethyl adjacent to an activating group) is 1. The van der Waals surface area contributed by atoms with Gasteiger partial charge in [0.05, 0.1) is 25.2 Å². The van der Waals surface area contributed by atoms with Gasteiger partial charge in [0.2, 0.25) is 5.91 Å². The van der Waals surface area contributed by atoms with Crippen molar-refractivity contribution in [3.63, 3.8) is 0 Å². The number of benzene rings is 1. The summed E-state index contributed by atoms with van der Waals surface area (Å²) in [5.41, 5.74) is 2.01. The van der Waals surface area contributed by atoms with E-state index in [9.17, 15) is 9.90 Å². The number of carbonyl (C=O) groups is 1. The quantitative estimate of drug-likeness (QED) is 0.905. The molecule has 1 fully saturated rings. The highest BCUT2D eigenvalue weighted by atomic mass is 16.5. The number of ether oxygens (including phenoxy) is 1. The second-order valence-corrected chi connectivity index (χ2v) is 5.72. The minimum atomic E-state index is -0.640. The average molecular weight is 291 g/mol. The Hall–Kier alpha value is -1.39. The number of aryl methyl sites for hydroxylation is 1. The highest BCUT2D eigenvalue weighted by molar-refractivity contribution is 5.79. The van der Waals surface area contributed by atoms with Gasteiger partial charge in [0.1, 0.15) is 0 Å². The molecule has 4 nitrogen and oxygen atoms in total. The number of amides is 1. The van der Waals surface area contributed by atoms with Gasteiger partial charge in [-0.2, -0.15) is 0 Å². The van der Waals surface area contributed by atoms with Gasteiger partial charge < -0.3 is 14.7 Å². The summed E-state index contributed by atoms with van der Waals surface area (Å²) in [5.74, 6) is 0.0484. The van der Waals surface area contributed by atoms with Crippen LogP contribution in [-0.2, 0) is 9.53 Å². The van der Waals surface area contributed by atoms with Crippen LogP contribution >= 0.6 is 0 Å². The van der Waals surface area contributed by atoms with Crippen molar-refractivity contribution in [3.8, 4) is 0 Å². The summed E-state index contributed by atoms with van der Waals surface area (Å²) >= 11 is 0. The van der Waals surface area contributed by atoms with E-state index in [1.54, 1.807) is 4.90 Å². The third-order valence-electron chi connectivity index (χ3n) is 4.06. The van der Waals surface area contributed by atoms with E-state index in [0.717, 1.165) is 30.6 Å². The van der Waals surface area contributed by atoms with Crippen molar-refractivity contribution in [2.45, 2.75) is 32.8 Å². The van der Waals surface area contributed by atoms with Gasteiger partial charge in [-0.15, -0.1) is 0 Å². The molecule has 1 aliphatic rings. The molecule has 1 N–H and O–H groups in total. The molecule has 21 heavy (non-hydrogen) atoms. The van der Waals surface area contributed by atoms with Gasteiger partial charge in [-0.25, -0.2) is 0 Å². The lowest BCUT2D eigenvalue weighted by Crippen LogP contribution is -2.41. The third-order valence-corrected chi connectivity index (χ3v) is 4.06. The largest absolute Gasteiger partial charge is 0.387 e. The topological polar surface area (TPSA) is 49.8 Å². The molecule has 0 bridgehead atoms. The van der Waals surface area contributed by atoms with Gasteiger partial charge >= 0.3 is 0 Å². The maximum atomic E-state index is 12.5. The lowest BCUT2D eigenvalue weighted by Gasteiger charge is -2.30. The molecule has 1 aromatic carbocycles. The fourth-order valence-electron chi connectivity index (χ4n) is 2.67. The Morgan fingerprint density at radius 1 is 1.43 bits per heavy atom. The van der Waals surface area contributed by atoms with E-state index in [1.807, 2.05) is 38.1 Å². The van der Waals surface area contributed by atoms with Crippen molar-refractivity contribution in [2.24, 2.45) is 5.92 Å². The van der Waals surface area contributed by atoms with Crippen LogP contribution in [0.15, 0.2) is 24.3 Å². The molecular weight excluding hydrogens is 266 g/mol. The lowest BCUT2D eigenvalue weighted by molar-refractivity contribution is -0.141. The SMILES string of the molecule is CCN(C[C@@H](O)c1ccc(C)cc1)C(=O)[C@H]1CCCOC1. The molecular formula is C17H25NO3. The normalized spacial score (nSPS) is 20.0. The predicted molar refractivity (Wildman–Crippen MR) is 81.9 cm³/mol. The molecule has 0 aromatic heterocycles. The van der Waals surface area contributed by atoms with E-state index in [1.165, 1.54) is 0 Å². The summed E-state index contributed by atoms with van der Waals surface area (Å²) in [4.78, 5) is 14.2. The Morgan fingerprint density at radius 2 is 2.14 bits per heavy atom. The second-order valence-electron chi connectivity index (χ2n) is 5.72. The van der Waals surface area contributed by atoms with Gasteiger partial charge in [0.15, 0.2) is 0 Å². The van der Waals surface area contributed by atoms with Gasteiger partial charge in [0.25, 0.3) is 0 Å². The van der Waals surface area contributed by atoms with E-state index in [4.69, 9.17) is 4.74 Å². The molecule has 4 heteroatoms. The van der Waals surface area contributed by atoms with Crippen molar-refractivity contribution in [3.05, 3.63) is 35.4 Å². The standard InChI is InChI=1S/C17H25NO3/c1-3-18(17(20)15-5-4-10-21-12-15)11-16(19)14-8-6-13(2)7-9-14/h6-9,15-16,19H,3-5,10-12H2,1-2H3/t15-,16+/m0/s1. The Morgan fingerprint density at radius 3 is 2.71 bits per heavy atom. The summed E-state index contributed by atoms with van der Waals surface area (Å²) in [6.45, 7) is 6.18. The monoisotopic (exact) mass is 291 g/mol. The number of aliphatic hydroxyl groups excluding tert-OH is 1. The molecule has 0 unspecified atom stereocenters. The molecule has 1 aliphatic heterocycles. The van der Waals surface area contributed by atoms with Gasteiger partial charge in [-0.05, 0) is 32.3 Å². The first-order chi connectivity index (χ1) is 10.1. The highest BCUT2D eigenvalue weighted by Gasteiger charge is 2.27. The number of rotatable bonds is 5. The van der Waals surface area contributed by atoms with Crippen molar-refractivity contribution >= 4 is 5.91 Å². The number of hydrogen-bond donors (Lipinski definition) is 1. The summed E-state index contributed by atoms with van der Waals surface area (Å²) in [6, 6.07) is 7.79. The molecule has 0 radical (unpaired) electrons. The molecule has 0 spiro atoms. The summed E-state index contributed by atoms with van der Waals surface area (Å²) in [5, 5.41) is 10.3. The molecule has 1 heterocycles. The fourth-order valence-corrected chi connectivity index (χ4v) is 2.67. The molecule has 2 atom stereocenters. The van der Waals surface area contributed by atoms with Crippen LogP contribution in [0.25, 0.3) is 0 Å². The second kappa shape index (κ2) is 7.57. The van der Waals surface area contributed by atoms with Crippen molar-refractivity contribution in [1.82, 2.24) is 4.90 Å². The van der Waals surface area contributed by atoms with Crippen molar-refractivity contribution < 1.29 is 14.6 Å². The van der Waals surface area contributed by atoms with Gasteiger partial charge in [-0.1, -0.05) is 29.8 Å². The minimum Gasteiger partial charge on any atom is -0.387 e. The summed E-state index contributed by atoms with van der Waals surface area (Å²) in [6.07, 6.45) is 1.18. The van der Waals surface area contributed by atoms with E-state index in [2.05, 4.69) is 0 Å². The maximum Gasteiger partial charge on any atom is 0.228 e. The molecule has 116 valence electrons. The average Bonchev–Trinajstić information content (AvgIpc) is 2.53. The highest BCUT2D eigenvalue weighted by Crippen LogP contribution is 2.20. The minimum absolute atomic E-state index is 0.0519. The smallest absolute Gasteiger partial charge is 0.228 e. The number of nitrogens with zero attached hydrogens (tertiary/aromatic N) is 1. The molecule has 1 amide bonds. The van der Waals surface area contributed by atoms with Gasteiger partial charge in [0, 0.05) is 13.2 Å². The van der Waals surface area contributed by atoms with Crippen LogP contribution in [0.1, 0.15) is 37.0 Å². The predicted octanol–water partition coefficient (Wildman–Crippen LogP) is 2.30.